The number of sulfonamides is 1. The lowest BCUT2D eigenvalue weighted by molar-refractivity contribution is 0.563. The summed E-state index contributed by atoms with van der Waals surface area (Å²) in [6, 6.07) is 20.6. The van der Waals surface area contributed by atoms with Crippen molar-refractivity contribution in [1.29, 1.82) is 0 Å². The summed E-state index contributed by atoms with van der Waals surface area (Å²) >= 11 is 0. The molecule has 0 aliphatic carbocycles. The summed E-state index contributed by atoms with van der Waals surface area (Å²) in [7, 11) is -4.14. The van der Waals surface area contributed by atoms with Gasteiger partial charge >= 0.3 is 5.63 Å². The standard InChI is InChI=1S/C22H17FN2O4S/c23-16-10-12-17(13-11-16)30(27,28)25-21-20(24-14-15-6-2-1-3-7-15)18-8-4-5-9-19(18)29-22(21)26/h1-13,24-25H,14H2. The van der Waals surface area contributed by atoms with Gasteiger partial charge in [-0.1, -0.05) is 42.5 Å². The Hall–Kier alpha value is -3.65. The fraction of sp³-hybridized carbons (Fsp3) is 0.0455. The van der Waals surface area contributed by atoms with E-state index in [-0.39, 0.29) is 10.6 Å². The smallest absolute Gasteiger partial charge is 0.363 e. The second-order valence-corrected chi connectivity index (χ2v) is 8.22. The van der Waals surface area contributed by atoms with Gasteiger partial charge in [0.05, 0.1) is 10.6 Å². The molecule has 0 spiro atoms. The molecule has 0 radical (unpaired) electrons. The van der Waals surface area contributed by atoms with Gasteiger partial charge in [-0.3, -0.25) is 4.72 Å². The van der Waals surface area contributed by atoms with Gasteiger partial charge in [0.15, 0.2) is 5.69 Å². The van der Waals surface area contributed by atoms with Gasteiger partial charge in [-0.15, -0.1) is 0 Å². The molecule has 0 amide bonds. The van der Waals surface area contributed by atoms with Crippen LogP contribution in [0.3, 0.4) is 0 Å². The van der Waals surface area contributed by atoms with Crippen LogP contribution in [0.2, 0.25) is 0 Å². The zero-order chi connectivity index (χ0) is 21.1. The van der Waals surface area contributed by atoms with Gasteiger partial charge < -0.3 is 9.73 Å². The molecule has 0 unspecified atom stereocenters. The predicted molar refractivity (Wildman–Crippen MR) is 113 cm³/mol. The molecule has 0 aliphatic rings. The molecule has 1 aromatic heterocycles. The molecule has 0 fully saturated rings. The SMILES string of the molecule is O=c1oc2ccccc2c(NCc2ccccc2)c1NS(=O)(=O)c1ccc(F)cc1. The lowest BCUT2D eigenvalue weighted by Crippen LogP contribution is -2.20. The van der Waals surface area contributed by atoms with Crippen molar-refractivity contribution < 1.29 is 17.2 Å². The van der Waals surface area contributed by atoms with Crippen LogP contribution < -0.4 is 15.7 Å². The van der Waals surface area contributed by atoms with Crippen molar-refractivity contribution >= 4 is 32.4 Å². The Morgan fingerprint density at radius 2 is 1.50 bits per heavy atom. The largest absolute Gasteiger partial charge is 0.421 e. The summed E-state index contributed by atoms with van der Waals surface area (Å²) in [6.45, 7) is 0.361. The maximum Gasteiger partial charge on any atom is 0.363 e. The molecule has 152 valence electrons. The number of benzene rings is 3. The Labute approximate surface area is 172 Å². The number of rotatable bonds is 6. The van der Waals surface area contributed by atoms with Crippen LogP contribution in [0.15, 0.2) is 93.0 Å². The Kier molecular flexibility index (Phi) is 5.24. The Bertz CT molecular complexity index is 1350. The minimum atomic E-state index is -4.14. The van der Waals surface area contributed by atoms with E-state index in [1.54, 1.807) is 24.3 Å². The van der Waals surface area contributed by atoms with Gasteiger partial charge in [0, 0.05) is 11.9 Å². The average Bonchev–Trinajstić information content (AvgIpc) is 2.74. The molecule has 2 N–H and O–H groups in total. The molecule has 3 aromatic carbocycles. The van der Waals surface area contributed by atoms with Crippen LogP contribution in [0.4, 0.5) is 15.8 Å². The number of para-hydroxylation sites is 1. The summed E-state index contributed by atoms with van der Waals surface area (Å²) in [6.07, 6.45) is 0. The van der Waals surface area contributed by atoms with E-state index in [9.17, 15) is 17.6 Å². The number of hydrogen-bond acceptors (Lipinski definition) is 5. The second-order valence-electron chi connectivity index (χ2n) is 6.53. The first-order valence-corrected chi connectivity index (χ1v) is 10.5. The van der Waals surface area contributed by atoms with Gasteiger partial charge in [0.2, 0.25) is 0 Å². The van der Waals surface area contributed by atoms with E-state index in [4.69, 9.17) is 4.42 Å². The van der Waals surface area contributed by atoms with Gasteiger partial charge in [-0.2, -0.15) is 0 Å². The van der Waals surface area contributed by atoms with Crippen molar-refractivity contribution in [3.05, 3.63) is 101 Å². The van der Waals surface area contributed by atoms with Crippen LogP contribution in [-0.2, 0) is 16.6 Å². The molecule has 0 saturated carbocycles. The quantitative estimate of drug-likeness (QED) is 0.450. The highest BCUT2D eigenvalue weighted by Crippen LogP contribution is 2.30. The summed E-state index contributed by atoms with van der Waals surface area (Å²) < 4.78 is 46.4. The van der Waals surface area contributed by atoms with Crippen molar-refractivity contribution in [2.24, 2.45) is 0 Å². The molecule has 8 heteroatoms. The highest BCUT2D eigenvalue weighted by molar-refractivity contribution is 7.92. The van der Waals surface area contributed by atoms with Crippen molar-refractivity contribution in [2.75, 3.05) is 10.0 Å². The molecular formula is C22H17FN2O4S. The predicted octanol–water partition coefficient (Wildman–Crippen LogP) is 4.35. The van der Waals surface area contributed by atoms with E-state index in [1.165, 1.54) is 0 Å². The van der Waals surface area contributed by atoms with E-state index in [0.717, 1.165) is 29.8 Å². The first kappa shape index (κ1) is 19.7. The van der Waals surface area contributed by atoms with E-state index < -0.39 is 21.5 Å². The number of fused-ring (bicyclic) bond motifs is 1. The lowest BCUT2D eigenvalue weighted by Gasteiger charge is -2.15. The Morgan fingerprint density at radius 1 is 0.833 bits per heavy atom. The fourth-order valence-corrected chi connectivity index (χ4v) is 4.09. The maximum atomic E-state index is 13.2. The molecular weight excluding hydrogens is 407 g/mol. The molecule has 0 atom stereocenters. The van der Waals surface area contributed by atoms with Crippen LogP contribution in [0, 0.1) is 5.82 Å². The first-order valence-electron chi connectivity index (χ1n) is 9.06. The highest BCUT2D eigenvalue weighted by Gasteiger charge is 2.21. The van der Waals surface area contributed by atoms with Gasteiger partial charge in [0.25, 0.3) is 10.0 Å². The first-order chi connectivity index (χ1) is 14.4. The molecule has 6 nitrogen and oxygen atoms in total. The second kappa shape index (κ2) is 8.00. The highest BCUT2D eigenvalue weighted by atomic mass is 32.2. The minimum Gasteiger partial charge on any atom is -0.421 e. The molecule has 1 heterocycles. The van der Waals surface area contributed by atoms with Crippen LogP contribution in [0.25, 0.3) is 11.0 Å². The van der Waals surface area contributed by atoms with E-state index in [0.29, 0.717) is 23.2 Å². The van der Waals surface area contributed by atoms with Crippen molar-refractivity contribution in [2.45, 2.75) is 11.4 Å². The maximum absolute atomic E-state index is 13.2. The number of hydrogen-bond donors (Lipinski definition) is 2. The number of nitrogens with one attached hydrogen (secondary N) is 2. The van der Waals surface area contributed by atoms with E-state index >= 15 is 0 Å². The molecule has 0 aliphatic heterocycles. The Balaban J connectivity index is 1.79. The van der Waals surface area contributed by atoms with Crippen LogP contribution in [0.1, 0.15) is 5.56 Å². The third-order valence-electron chi connectivity index (χ3n) is 4.49. The zero-order valence-corrected chi connectivity index (χ0v) is 16.4. The third kappa shape index (κ3) is 4.04. The zero-order valence-electron chi connectivity index (χ0n) is 15.6. The molecule has 4 rings (SSSR count). The lowest BCUT2D eigenvalue weighted by atomic mass is 10.1. The molecule has 4 aromatic rings. The average molecular weight is 424 g/mol. The van der Waals surface area contributed by atoms with Crippen molar-refractivity contribution in [1.82, 2.24) is 0 Å². The van der Waals surface area contributed by atoms with Crippen molar-refractivity contribution in [3.63, 3.8) is 0 Å². The number of anilines is 2. The van der Waals surface area contributed by atoms with Gasteiger partial charge in [0.1, 0.15) is 11.4 Å². The normalized spacial score (nSPS) is 11.4. The summed E-state index contributed by atoms with van der Waals surface area (Å²) in [5.74, 6) is -0.565. The summed E-state index contributed by atoms with van der Waals surface area (Å²) in [5, 5.41) is 3.70. The van der Waals surface area contributed by atoms with E-state index in [1.807, 2.05) is 30.3 Å². The Morgan fingerprint density at radius 3 is 2.23 bits per heavy atom. The van der Waals surface area contributed by atoms with Crippen LogP contribution in [-0.4, -0.2) is 8.42 Å². The van der Waals surface area contributed by atoms with Crippen molar-refractivity contribution in [3.8, 4) is 0 Å². The number of halogens is 1. The van der Waals surface area contributed by atoms with Crippen LogP contribution >= 0.6 is 0 Å². The monoisotopic (exact) mass is 424 g/mol. The fourth-order valence-electron chi connectivity index (χ4n) is 3.02. The molecule has 0 saturated heterocycles. The van der Waals surface area contributed by atoms with Crippen LogP contribution in [0.5, 0.6) is 0 Å². The third-order valence-corrected chi connectivity index (χ3v) is 5.85. The minimum absolute atomic E-state index is 0.175. The van der Waals surface area contributed by atoms with Gasteiger partial charge in [-0.05, 0) is 42.0 Å². The van der Waals surface area contributed by atoms with Gasteiger partial charge in [-0.25, -0.2) is 17.6 Å². The molecule has 0 bridgehead atoms. The molecule has 30 heavy (non-hydrogen) atoms. The summed E-state index contributed by atoms with van der Waals surface area (Å²) in [4.78, 5) is 12.5. The van der Waals surface area contributed by atoms with E-state index in [2.05, 4.69) is 10.0 Å². The summed E-state index contributed by atoms with van der Waals surface area (Å²) in [5.41, 5.74) is 0.491. The topological polar surface area (TPSA) is 88.4 Å².